The molecule has 0 aromatic rings. The zero-order chi connectivity index (χ0) is 11.7. The molecule has 3 heteroatoms. The molecule has 96 valence electrons. The predicted octanol–water partition coefficient (Wildman–Crippen LogP) is 2.80. The van der Waals surface area contributed by atoms with Gasteiger partial charge in [0.25, 0.3) is 0 Å². The van der Waals surface area contributed by atoms with E-state index in [0.29, 0.717) is 18.1 Å². The van der Waals surface area contributed by atoms with Crippen LogP contribution in [0.5, 0.6) is 0 Å². The number of nitrogens with zero attached hydrogens (tertiary/aromatic N) is 1. The maximum absolute atomic E-state index is 8.47. The van der Waals surface area contributed by atoms with Gasteiger partial charge >= 0.3 is 0 Å². The van der Waals surface area contributed by atoms with Gasteiger partial charge in [0.05, 0.1) is 24.6 Å². The minimum absolute atomic E-state index is 0.416. The molecular weight excluding hydrogens is 212 g/mol. The van der Waals surface area contributed by atoms with Crippen molar-refractivity contribution in [1.82, 2.24) is 4.90 Å². The Bertz CT molecular complexity index is 284. The molecule has 0 bridgehead atoms. The molecule has 1 heterocycles. The van der Waals surface area contributed by atoms with Crippen LogP contribution in [0.1, 0.15) is 51.4 Å². The first kappa shape index (κ1) is 11.5. The van der Waals surface area contributed by atoms with Crippen molar-refractivity contribution < 1.29 is 4.74 Å². The number of morpholine rings is 1. The Hall–Kier alpha value is -0.570. The van der Waals surface area contributed by atoms with Gasteiger partial charge in [0.2, 0.25) is 0 Å². The molecule has 2 unspecified atom stereocenters. The smallest absolute Gasteiger partial charge is 0.0993 e. The molecule has 1 N–H and O–H groups in total. The second-order valence-electron chi connectivity index (χ2n) is 5.82. The van der Waals surface area contributed by atoms with Gasteiger partial charge in [-0.2, -0.15) is 0 Å². The first-order valence-electron chi connectivity index (χ1n) is 7.33. The van der Waals surface area contributed by atoms with Crippen molar-refractivity contribution >= 4 is 5.84 Å². The highest BCUT2D eigenvalue weighted by molar-refractivity contribution is 5.82. The zero-order valence-electron chi connectivity index (χ0n) is 10.7. The van der Waals surface area contributed by atoms with Gasteiger partial charge < -0.3 is 9.64 Å². The van der Waals surface area contributed by atoms with Crippen LogP contribution in [-0.2, 0) is 4.74 Å². The predicted molar refractivity (Wildman–Crippen MR) is 68.4 cm³/mol. The molecule has 0 radical (unpaired) electrons. The van der Waals surface area contributed by atoms with E-state index >= 15 is 0 Å². The van der Waals surface area contributed by atoms with E-state index in [1.165, 1.54) is 51.4 Å². The van der Waals surface area contributed by atoms with Gasteiger partial charge in [0.15, 0.2) is 0 Å². The number of hydrogen-bond acceptors (Lipinski definition) is 2. The molecule has 3 fully saturated rings. The van der Waals surface area contributed by atoms with E-state index in [4.69, 9.17) is 10.1 Å². The average molecular weight is 236 g/mol. The Kier molecular flexibility index (Phi) is 3.37. The maximum atomic E-state index is 8.47. The molecule has 0 spiro atoms. The molecule has 3 rings (SSSR count). The summed E-state index contributed by atoms with van der Waals surface area (Å²) in [4.78, 5) is 2.39. The van der Waals surface area contributed by atoms with E-state index in [0.717, 1.165) is 19.0 Å². The number of rotatable bonds is 1. The van der Waals surface area contributed by atoms with Crippen LogP contribution in [0, 0.1) is 11.3 Å². The molecule has 0 aromatic carbocycles. The molecule has 3 nitrogen and oxygen atoms in total. The van der Waals surface area contributed by atoms with Crippen molar-refractivity contribution in [1.29, 1.82) is 5.41 Å². The Balaban J connectivity index is 1.69. The Labute approximate surface area is 104 Å². The van der Waals surface area contributed by atoms with Crippen molar-refractivity contribution in [2.24, 2.45) is 5.92 Å². The fourth-order valence-corrected chi connectivity index (χ4v) is 3.83. The second kappa shape index (κ2) is 4.97. The van der Waals surface area contributed by atoms with Crippen molar-refractivity contribution in [2.75, 3.05) is 13.2 Å². The molecule has 1 saturated heterocycles. The molecular formula is C14H24N2O. The Morgan fingerprint density at radius 3 is 2.53 bits per heavy atom. The summed E-state index contributed by atoms with van der Waals surface area (Å²) in [6.07, 6.45) is 10.6. The highest BCUT2D eigenvalue weighted by atomic mass is 16.5. The summed E-state index contributed by atoms with van der Waals surface area (Å²) in [7, 11) is 0. The van der Waals surface area contributed by atoms with E-state index < -0.39 is 0 Å². The van der Waals surface area contributed by atoms with Gasteiger partial charge in [-0.25, -0.2) is 0 Å². The molecule has 17 heavy (non-hydrogen) atoms. The van der Waals surface area contributed by atoms with Crippen molar-refractivity contribution in [3.63, 3.8) is 0 Å². The first-order valence-corrected chi connectivity index (χ1v) is 7.33. The molecule has 2 saturated carbocycles. The summed E-state index contributed by atoms with van der Waals surface area (Å²) in [6.45, 7) is 1.78. The largest absolute Gasteiger partial charge is 0.374 e. The molecule has 2 aliphatic carbocycles. The van der Waals surface area contributed by atoms with Crippen LogP contribution in [0.3, 0.4) is 0 Å². The topological polar surface area (TPSA) is 36.3 Å². The molecule has 0 amide bonds. The normalized spacial score (nSPS) is 34.7. The van der Waals surface area contributed by atoms with Crippen LogP contribution in [0.4, 0.5) is 0 Å². The number of hydrogen-bond donors (Lipinski definition) is 1. The fourth-order valence-electron chi connectivity index (χ4n) is 3.83. The minimum Gasteiger partial charge on any atom is -0.374 e. The Morgan fingerprint density at radius 1 is 1.00 bits per heavy atom. The van der Waals surface area contributed by atoms with Crippen LogP contribution in [0.25, 0.3) is 0 Å². The third-order valence-electron chi connectivity index (χ3n) is 4.78. The zero-order valence-corrected chi connectivity index (χ0v) is 10.7. The summed E-state index contributed by atoms with van der Waals surface area (Å²) in [5.41, 5.74) is 0. The van der Waals surface area contributed by atoms with E-state index in [1.54, 1.807) is 0 Å². The van der Waals surface area contributed by atoms with Gasteiger partial charge in [0, 0.05) is 12.5 Å². The standard InChI is InChI=1S/C14H24N2O/c15-14(11-5-1-2-6-11)16-9-10-17-13-8-4-3-7-12(13)16/h11-13,15H,1-10H2. The van der Waals surface area contributed by atoms with E-state index in [1.807, 2.05) is 0 Å². The summed E-state index contributed by atoms with van der Waals surface area (Å²) in [5.74, 6) is 1.48. The lowest BCUT2D eigenvalue weighted by molar-refractivity contribution is -0.0653. The van der Waals surface area contributed by atoms with Gasteiger partial charge in [0.1, 0.15) is 0 Å². The van der Waals surface area contributed by atoms with Crippen LogP contribution in [-0.4, -0.2) is 36.0 Å². The third kappa shape index (κ3) is 2.22. The van der Waals surface area contributed by atoms with Gasteiger partial charge in [-0.1, -0.05) is 25.7 Å². The second-order valence-corrected chi connectivity index (χ2v) is 5.82. The fraction of sp³-hybridized carbons (Fsp3) is 0.929. The number of fused-ring (bicyclic) bond motifs is 1. The SMILES string of the molecule is N=C(C1CCCC1)N1CCOC2CCCCC21. The van der Waals surface area contributed by atoms with Crippen LogP contribution >= 0.6 is 0 Å². The Morgan fingerprint density at radius 2 is 1.71 bits per heavy atom. The summed E-state index contributed by atoms with van der Waals surface area (Å²) < 4.78 is 5.89. The highest BCUT2D eigenvalue weighted by Gasteiger charge is 2.37. The molecule has 3 aliphatic rings. The number of nitrogens with one attached hydrogen (secondary N) is 1. The number of amidine groups is 1. The van der Waals surface area contributed by atoms with Crippen molar-refractivity contribution in [3.05, 3.63) is 0 Å². The van der Waals surface area contributed by atoms with Crippen LogP contribution in [0.15, 0.2) is 0 Å². The summed E-state index contributed by atoms with van der Waals surface area (Å²) in [5, 5.41) is 8.47. The molecule has 0 aromatic heterocycles. The van der Waals surface area contributed by atoms with Crippen LogP contribution in [0.2, 0.25) is 0 Å². The first-order chi connectivity index (χ1) is 8.36. The minimum atomic E-state index is 0.416. The van der Waals surface area contributed by atoms with Gasteiger partial charge in [-0.15, -0.1) is 0 Å². The van der Waals surface area contributed by atoms with Crippen molar-refractivity contribution in [3.8, 4) is 0 Å². The van der Waals surface area contributed by atoms with E-state index in [-0.39, 0.29) is 0 Å². The average Bonchev–Trinajstić information content (AvgIpc) is 2.91. The molecule has 2 atom stereocenters. The third-order valence-corrected chi connectivity index (χ3v) is 4.78. The van der Waals surface area contributed by atoms with Crippen molar-refractivity contribution in [2.45, 2.75) is 63.5 Å². The lowest BCUT2D eigenvalue weighted by Crippen LogP contribution is -2.55. The van der Waals surface area contributed by atoms with E-state index in [9.17, 15) is 0 Å². The molecule has 1 aliphatic heterocycles. The maximum Gasteiger partial charge on any atom is 0.0993 e. The van der Waals surface area contributed by atoms with Crippen LogP contribution < -0.4 is 0 Å². The summed E-state index contributed by atoms with van der Waals surface area (Å²) in [6, 6.07) is 0.519. The quantitative estimate of drug-likeness (QED) is 0.561. The highest BCUT2D eigenvalue weighted by Crippen LogP contribution is 2.33. The lowest BCUT2D eigenvalue weighted by Gasteiger charge is -2.46. The summed E-state index contributed by atoms with van der Waals surface area (Å²) >= 11 is 0. The van der Waals surface area contributed by atoms with Gasteiger partial charge in [-0.3, -0.25) is 5.41 Å². The number of ether oxygens (including phenoxy) is 1. The van der Waals surface area contributed by atoms with E-state index in [2.05, 4.69) is 4.90 Å². The van der Waals surface area contributed by atoms with Gasteiger partial charge in [-0.05, 0) is 25.7 Å². The lowest BCUT2D eigenvalue weighted by atomic mass is 9.89. The monoisotopic (exact) mass is 236 g/mol.